The Labute approximate surface area is 226 Å². The van der Waals surface area contributed by atoms with Crippen LogP contribution in [0.3, 0.4) is 0 Å². The topological polar surface area (TPSA) is 15.6 Å². The zero-order chi connectivity index (χ0) is 26.2. The van der Waals surface area contributed by atoms with Gasteiger partial charge in [-0.1, -0.05) is 101 Å². The number of rotatable bonds is 6. The lowest BCUT2D eigenvalue weighted by Crippen LogP contribution is -2.25. The molecule has 3 aromatic carbocycles. The highest BCUT2D eigenvalue weighted by Gasteiger charge is 2.38. The van der Waals surface area contributed by atoms with Gasteiger partial charge in [-0.05, 0) is 58.5 Å². The van der Waals surface area contributed by atoms with E-state index in [1.54, 1.807) is 0 Å². The number of anilines is 1. The van der Waals surface area contributed by atoms with E-state index >= 15 is 0 Å². The molecular formula is C34H35ClN2. The van der Waals surface area contributed by atoms with Gasteiger partial charge in [0.1, 0.15) is 0 Å². The van der Waals surface area contributed by atoms with Gasteiger partial charge in [0.15, 0.2) is 0 Å². The molecule has 3 heteroatoms. The maximum absolute atomic E-state index is 5.97. The van der Waals surface area contributed by atoms with E-state index in [0.29, 0.717) is 5.88 Å². The number of hydrogen-bond donors (Lipinski definition) is 0. The van der Waals surface area contributed by atoms with E-state index in [0.717, 1.165) is 23.4 Å². The van der Waals surface area contributed by atoms with Gasteiger partial charge in [0.05, 0.1) is 11.4 Å². The molecule has 5 rings (SSSR count). The van der Waals surface area contributed by atoms with Crippen molar-refractivity contribution in [1.29, 1.82) is 0 Å². The van der Waals surface area contributed by atoms with Gasteiger partial charge in [-0.25, -0.2) is 0 Å². The van der Waals surface area contributed by atoms with Crippen LogP contribution in [0.1, 0.15) is 55.5 Å². The average Bonchev–Trinajstić information content (AvgIpc) is 3.26. The average molecular weight is 507 g/mol. The first kappa shape index (κ1) is 25.3. The van der Waals surface area contributed by atoms with Gasteiger partial charge in [0.25, 0.3) is 0 Å². The van der Waals surface area contributed by atoms with E-state index in [1.807, 2.05) is 0 Å². The molecule has 0 saturated heterocycles. The first-order chi connectivity index (χ1) is 17.7. The molecule has 0 saturated carbocycles. The van der Waals surface area contributed by atoms with E-state index in [-0.39, 0.29) is 10.8 Å². The van der Waals surface area contributed by atoms with Crippen molar-refractivity contribution in [1.82, 2.24) is 0 Å². The van der Waals surface area contributed by atoms with Crippen LogP contribution in [-0.2, 0) is 23.1 Å². The second-order valence-electron chi connectivity index (χ2n) is 11.1. The number of alkyl halides is 1. The molecule has 0 unspecified atom stereocenters. The summed E-state index contributed by atoms with van der Waals surface area (Å²) in [5, 5.41) is 0. The summed E-state index contributed by atoms with van der Waals surface area (Å²) in [6.45, 7) is 9.14. The lowest BCUT2D eigenvalue weighted by Gasteiger charge is -2.24. The number of benzene rings is 3. The fourth-order valence-corrected chi connectivity index (χ4v) is 6.00. The number of para-hydroxylation sites is 1. The molecule has 0 aliphatic carbocycles. The normalized spacial score (nSPS) is 18.6. The SMILES string of the molecule is CN1C(=CC=CC=CC2=Nc3cccc(Cc4ccc(CCl)cc4)c3C2(C)C)C(C)(C)c2ccccc21. The highest BCUT2D eigenvalue weighted by Crippen LogP contribution is 2.46. The van der Waals surface area contributed by atoms with E-state index in [9.17, 15) is 0 Å². The molecule has 0 radical (unpaired) electrons. The summed E-state index contributed by atoms with van der Waals surface area (Å²) >= 11 is 5.97. The Kier molecular flexibility index (Phi) is 6.72. The van der Waals surface area contributed by atoms with Crippen LogP contribution >= 0.6 is 11.6 Å². The maximum atomic E-state index is 5.97. The smallest absolute Gasteiger partial charge is 0.0677 e. The number of hydrogen-bond acceptors (Lipinski definition) is 2. The molecule has 2 heterocycles. The van der Waals surface area contributed by atoms with Gasteiger partial charge in [-0.3, -0.25) is 4.99 Å². The Morgan fingerprint density at radius 1 is 0.811 bits per heavy atom. The Hall–Kier alpha value is -3.36. The summed E-state index contributed by atoms with van der Waals surface area (Å²) in [5.41, 5.74) is 11.1. The minimum Gasteiger partial charge on any atom is -0.347 e. The van der Waals surface area contributed by atoms with Crippen molar-refractivity contribution in [3.63, 3.8) is 0 Å². The third-order valence-corrected chi connectivity index (χ3v) is 8.19. The van der Waals surface area contributed by atoms with Crippen LogP contribution in [0, 0.1) is 0 Å². The first-order valence-electron chi connectivity index (χ1n) is 13.0. The third kappa shape index (κ3) is 4.60. The van der Waals surface area contributed by atoms with Crippen LogP contribution in [0.25, 0.3) is 0 Å². The van der Waals surface area contributed by atoms with Gasteiger partial charge >= 0.3 is 0 Å². The summed E-state index contributed by atoms with van der Waals surface area (Å²) in [5.74, 6) is 0.547. The summed E-state index contributed by atoms with van der Waals surface area (Å²) in [6, 6.07) is 23.8. The minimum absolute atomic E-state index is 0.0146. The molecule has 0 aromatic heterocycles. The van der Waals surface area contributed by atoms with Crippen molar-refractivity contribution in [3.05, 3.63) is 131 Å². The highest BCUT2D eigenvalue weighted by atomic mass is 35.5. The lowest BCUT2D eigenvalue weighted by molar-refractivity contribution is 0.640. The van der Waals surface area contributed by atoms with E-state index in [2.05, 4.69) is 137 Å². The predicted molar refractivity (Wildman–Crippen MR) is 160 cm³/mol. The van der Waals surface area contributed by atoms with E-state index in [1.165, 1.54) is 33.6 Å². The van der Waals surface area contributed by atoms with Crippen LogP contribution < -0.4 is 4.90 Å². The van der Waals surface area contributed by atoms with E-state index in [4.69, 9.17) is 16.6 Å². The van der Waals surface area contributed by atoms with Crippen molar-refractivity contribution in [2.45, 2.75) is 50.8 Å². The van der Waals surface area contributed by atoms with Gasteiger partial charge in [0, 0.05) is 35.1 Å². The summed E-state index contributed by atoms with van der Waals surface area (Å²) in [4.78, 5) is 7.33. The second kappa shape index (κ2) is 9.84. The lowest BCUT2D eigenvalue weighted by atomic mass is 9.78. The molecular weight excluding hydrogens is 472 g/mol. The molecule has 2 aliphatic rings. The van der Waals surface area contributed by atoms with Crippen LogP contribution in [0.5, 0.6) is 0 Å². The minimum atomic E-state index is -0.153. The predicted octanol–water partition coefficient (Wildman–Crippen LogP) is 8.80. The molecule has 2 aliphatic heterocycles. The molecule has 37 heavy (non-hydrogen) atoms. The standard InChI is InChI=1S/C34H35ClN2/c1-33(2)27-13-9-10-15-29(27)37(5)31(33)17-8-6-7-16-30-34(3,4)32-26(12-11-14-28(32)36-30)22-24-18-20-25(23-35)21-19-24/h6-21H,22-23H2,1-5H3. The van der Waals surface area contributed by atoms with Crippen molar-refractivity contribution in [2.75, 3.05) is 11.9 Å². The number of fused-ring (bicyclic) bond motifs is 2. The van der Waals surface area contributed by atoms with Gasteiger partial charge in [-0.15, -0.1) is 11.6 Å². The summed E-state index contributed by atoms with van der Waals surface area (Å²) < 4.78 is 0. The van der Waals surface area contributed by atoms with Gasteiger partial charge in [0.2, 0.25) is 0 Å². The Morgan fingerprint density at radius 2 is 1.54 bits per heavy atom. The molecule has 0 atom stereocenters. The molecule has 2 nitrogen and oxygen atoms in total. The van der Waals surface area contributed by atoms with Gasteiger partial charge in [-0.2, -0.15) is 0 Å². The fourth-order valence-electron chi connectivity index (χ4n) is 5.82. The first-order valence-corrected chi connectivity index (χ1v) is 13.5. The molecule has 0 N–H and O–H groups in total. The number of aliphatic imine (C=N–C) groups is 1. The largest absolute Gasteiger partial charge is 0.347 e. The molecule has 0 amide bonds. The number of likely N-dealkylation sites (N-methyl/N-ethyl adjacent to an activating group) is 1. The van der Waals surface area contributed by atoms with Gasteiger partial charge < -0.3 is 4.90 Å². The fraction of sp³-hybridized carbons (Fsp3) is 0.265. The van der Waals surface area contributed by atoms with Crippen LogP contribution in [-0.4, -0.2) is 12.8 Å². The maximum Gasteiger partial charge on any atom is 0.0677 e. The van der Waals surface area contributed by atoms with Crippen molar-refractivity contribution < 1.29 is 0 Å². The third-order valence-electron chi connectivity index (χ3n) is 7.88. The molecule has 0 bridgehead atoms. The number of halogens is 1. The highest BCUT2D eigenvalue weighted by molar-refractivity contribution is 6.17. The van der Waals surface area contributed by atoms with Crippen LogP contribution in [0.2, 0.25) is 0 Å². The second-order valence-corrected chi connectivity index (χ2v) is 11.3. The van der Waals surface area contributed by atoms with Crippen molar-refractivity contribution in [2.24, 2.45) is 4.99 Å². The molecule has 188 valence electrons. The molecule has 0 spiro atoms. The quantitative estimate of drug-likeness (QED) is 0.241. The van der Waals surface area contributed by atoms with Crippen LogP contribution in [0.4, 0.5) is 11.4 Å². The Morgan fingerprint density at radius 3 is 2.27 bits per heavy atom. The summed E-state index contributed by atoms with van der Waals surface area (Å²) in [6.07, 6.45) is 11.6. The summed E-state index contributed by atoms with van der Waals surface area (Å²) in [7, 11) is 2.15. The zero-order valence-electron chi connectivity index (χ0n) is 22.4. The van der Waals surface area contributed by atoms with Crippen molar-refractivity contribution >= 4 is 28.7 Å². The van der Waals surface area contributed by atoms with E-state index < -0.39 is 0 Å². The monoisotopic (exact) mass is 506 g/mol. The van der Waals surface area contributed by atoms with Crippen LogP contribution in [0.15, 0.2) is 108 Å². The molecule has 3 aromatic rings. The number of nitrogens with zero attached hydrogens (tertiary/aromatic N) is 2. The molecule has 0 fully saturated rings. The van der Waals surface area contributed by atoms with Crippen molar-refractivity contribution in [3.8, 4) is 0 Å². The number of allylic oxidation sites excluding steroid dienone is 6. The Bertz CT molecular complexity index is 1430. The Balaban J connectivity index is 1.33. The zero-order valence-corrected chi connectivity index (χ0v) is 23.2.